The van der Waals surface area contributed by atoms with E-state index < -0.39 is 15.8 Å². The summed E-state index contributed by atoms with van der Waals surface area (Å²) in [7, 11) is -3.93. The molecule has 21 heavy (non-hydrogen) atoms. The van der Waals surface area contributed by atoms with Crippen molar-refractivity contribution >= 4 is 38.7 Å². The molecule has 5 N–H and O–H groups in total. The summed E-state index contributed by atoms with van der Waals surface area (Å²) in [5.41, 5.74) is 6.64. The highest BCUT2D eigenvalue weighted by Gasteiger charge is 2.16. The number of sulfonamides is 1. The first kappa shape index (κ1) is 15.6. The molecule has 8 heteroatoms. The van der Waals surface area contributed by atoms with E-state index in [-0.39, 0.29) is 16.3 Å². The number of primary sulfonamides is 1. The van der Waals surface area contributed by atoms with E-state index in [2.05, 4.69) is 5.32 Å². The summed E-state index contributed by atoms with van der Waals surface area (Å²) in [5, 5.41) is 8.25. The molecule has 0 bridgehead atoms. The van der Waals surface area contributed by atoms with Gasteiger partial charge >= 0.3 is 0 Å². The molecule has 0 aliphatic carbocycles. The monoisotopic (exact) mass is 329 g/mol. The number of hydrogen-bond acceptors (Lipinski definition) is 4. The first-order chi connectivity index (χ1) is 9.68. The van der Waals surface area contributed by atoms with Gasteiger partial charge in [0, 0.05) is 16.4 Å². The van der Waals surface area contributed by atoms with Crippen molar-refractivity contribution in [3.05, 3.63) is 46.7 Å². The van der Waals surface area contributed by atoms with Gasteiger partial charge in [-0.2, -0.15) is 0 Å². The zero-order chi connectivity index (χ0) is 15.8. The molecule has 0 spiro atoms. The van der Waals surface area contributed by atoms with Crippen molar-refractivity contribution in [1.82, 2.24) is 0 Å². The van der Waals surface area contributed by atoms with E-state index in [1.165, 1.54) is 30.3 Å². The Balaban J connectivity index is 2.55. The molecule has 0 amide bonds. The number of nitrogens with two attached hydrogens (primary N) is 2. The number of benzene rings is 2. The van der Waals surface area contributed by atoms with Gasteiger partial charge in [-0.3, -0.25) is 0 Å². The van der Waals surface area contributed by atoms with Gasteiger partial charge in [0.15, 0.2) is 0 Å². The fourth-order valence-corrected chi connectivity index (χ4v) is 2.88. The van der Waals surface area contributed by atoms with E-state index in [1.807, 2.05) is 0 Å². The van der Waals surface area contributed by atoms with Crippen molar-refractivity contribution in [2.75, 3.05) is 11.1 Å². The van der Waals surface area contributed by atoms with Crippen LogP contribution >= 0.6 is 11.6 Å². The normalized spacial score (nSPS) is 11.4. The van der Waals surface area contributed by atoms with Crippen molar-refractivity contribution in [2.45, 2.75) is 11.8 Å². The molecule has 0 aromatic heterocycles. The Kier molecular flexibility index (Phi) is 4.08. The largest absolute Gasteiger partial charge is 0.399 e. The van der Waals surface area contributed by atoms with Gasteiger partial charge in [-0.15, -0.1) is 0 Å². The summed E-state index contributed by atoms with van der Waals surface area (Å²) < 4.78 is 36.8. The first-order valence-corrected chi connectivity index (χ1v) is 7.76. The lowest BCUT2D eigenvalue weighted by molar-refractivity contribution is 0.597. The highest BCUT2D eigenvalue weighted by molar-refractivity contribution is 7.89. The first-order valence-electron chi connectivity index (χ1n) is 5.83. The van der Waals surface area contributed by atoms with Crippen LogP contribution in [0.25, 0.3) is 0 Å². The zero-order valence-corrected chi connectivity index (χ0v) is 12.6. The number of rotatable bonds is 3. The predicted molar refractivity (Wildman–Crippen MR) is 81.7 cm³/mol. The quantitative estimate of drug-likeness (QED) is 0.754. The number of nitrogen functional groups attached to an aromatic ring is 1. The van der Waals surface area contributed by atoms with Crippen LogP contribution in [0.1, 0.15) is 5.56 Å². The van der Waals surface area contributed by atoms with Crippen LogP contribution in [0, 0.1) is 12.7 Å². The fraction of sp³-hybridized carbons (Fsp3) is 0.0769. The number of nitrogens with one attached hydrogen (secondary N) is 1. The van der Waals surface area contributed by atoms with Gasteiger partial charge in [0.25, 0.3) is 0 Å². The standard InChI is InChI=1S/C13H13ClFN3O2S/c1-7-11(5-9(16)6-13(7)21(17,19)20)18-12-4-8(14)2-3-10(12)15/h2-6,18H,16H2,1H3,(H2,17,19,20). The van der Waals surface area contributed by atoms with Crippen LogP contribution in [-0.4, -0.2) is 8.42 Å². The van der Waals surface area contributed by atoms with Crippen molar-refractivity contribution in [2.24, 2.45) is 5.14 Å². The predicted octanol–water partition coefficient (Wildman–Crippen LogP) is 2.76. The second kappa shape index (κ2) is 5.51. The molecule has 0 saturated heterocycles. The van der Waals surface area contributed by atoms with Gasteiger partial charge in [-0.1, -0.05) is 11.6 Å². The molecule has 2 rings (SSSR count). The van der Waals surface area contributed by atoms with Crippen molar-refractivity contribution in [3.63, 3.8) is 0 Å². The Labute approximate surface area is 126 Å². The van der Waals surface area contributed by atoms with Crippen LogP contribution in [0.2, 0.25) is 5.02 Å². The smallest absolute Gasteiger partial charge is 0.238 e. The molecule has 0 atom stereocenters. The van der Waals surface area contributed by atoms with E-state index in [4.69, 9.17) is 22.5 Å². The Hall–Kier alpha value is -1.83. The molecule has 0 heterocycles. The summed E-state index contributed by atoms with van der Waals surface area (Å²) in [6, 6.07) is 6.74. The third kappa shape index (κ3) is 3.44. The third-order valence-corrected chi connectivity index (χ3v) is 4.16. The van der Waals surface area contributed by atoms with E-state index >= 15 is 0 Å². The lowest BCUT2D eigenvalue weighted by Crippen LogP contribution is -2.15. The van der Waals surface area contributed by atoms with Crippen molar-refractivity contribution in [1.29, 1.82) is 0 Å². The molecule has 112 valence electrons. The SMILES string of the molecule is Cc1c(Nc2cc(Cl)ccc2F)cc(N)cc1S(N)(=O)=O. The van der Waals surface area contributed by atoms with Crippen molar-refractivity contribution in [3.8, 4) is 0 Å². The van der Waals surface area contributed by atoms with E-state index in [9.17, 15) is 12.8 Å². The van der Waals surface area contributed by atoms with Gasteiger partial charge < -0.3 is 11.1 Å². The maximum Gasteiger partial charge on any atom is 0.238 e. The zero-order valence-electron chi connectivity index (χ0n) is 11.0. The van der Waals surface area contributed by atoms with Gasteiger partial charge in [0.1, 0.15) is 5.82 Å². The minimum Gasteiger partial charge on any atom is -0.399 e. The summed E-state index contributed by atoms with van der Waals surface area (Å²) in [6.45, 7) is 1.55. The summed E-state index contributed by atoms with van der Waals surface area (Å²) in [5.74, 6) is -0.529. The van der Waals surface area contributed by atoms with Gasteiger partial charge in [-0.05, 0) is 42.8 Å². The number of anilines is 3. The van der Waals surface area contributed by atoms with Crippen LogP contribution in [0.15, 0.2) is 35.2 Å². The molecule has 5 nitrogen and oxygen atoms in total. The molecular formula is C13H13ClFN3O2S. The van der Waals surface area contributed by atoms with Crippen LogP contribution in [-0.2, 0) is 10.0 Å². The second-order valence-corrected chi connectivity index (χ2v) is 6.45. The fourth-order valence-electron chi connectivity index (χ4n) is 1.87. The molecule has 0 fully saturated rings. The molecule has 0 radical (unpaired) electrons. The molecular weight excluding hydrogens is 317 g/mol. The minimum atomic E-state index is -3.93. The lowest BCUT2D eigenvalue weighted by atomic mass is 10.1. The molecule has 2 aromatic rings. The van der Waals surface area contributed by atoms with E-state index in [0.717, 1.165) is 0 Å². The maximum absolute atomic E-state index is 13.7. The minimum absolute atomic E-state index is 0.108. The average Bonchev–Trinajstić information content (AvgIpc) is 2.36. The molecule has 0 unspecified atom stereocenters. The van der Waals surface area contributed by atoms with Gasteiger partial charge in [-0.25, -0.2) is 17.9 Å². The van der Waals surface area contributed by atoms with Crippen LogP contribution in [0.3, 0.4) is 0 Å². The molecule has 0 aliphatic heterocycles. The lowest BCUT2D eigenvalue weighted by Gasteiger charge is -2.14. The Bertz CT molecular complexity index is 809. The average molecular weight is 330 g/mol. The van der Waals surface area contributed by atoms with Crippen LogP contribution in [0.5, 0.6) is 0 Å². The van der Waals surface area contributed by atoms with Gasteiger partial charge in [0.05, 0.1) is 10.6 Å². The van der Waals surface area contributed by atoms with Crippen LogP contribution in [0.4, 0.5) is 21.5 Å². The Morgan fingerprint density at radius 3 is 2.48 bits per heavy atom. The topological polar surface area (TPSA) is 98.2 Å². The summed E-state index contributed by atoms with van der Waals surface area (Å²) in [6.07, 6.45) is 0. The Morgan fingerprint density at radius 2 is 1.86 bits per heavy atom. The van der Waals surface area contributed by atoms with Gasteiger partial charge in [0.2, 0.25) is 10.0 Å². The third-order valence-electron chi connectivity index (χ3n) is 2.89. The van der Waals surface area contributed by atoms with Crippen molar-refractivity contribution < 1.29 is 12.8 Å². The molecule has 0 saturated carbocycles. The highest BCUT2D eigenvalue weighted by atomic mass is 35.5. The molecule has 2 aromatic carbocycles. The Morgan fingerprint density at radius 1 is 1.19 bits per heavy atom. The molecule has 0 aliphatic rings. The number of halogens is 2. The van der Waals surface area contributed by atoms with E-state index in [0.29, 0.717) is 16.3 Å². The second-order valence-electron chi connectivity index (χ2n) is 4.49. The van der Waals surface area contributed by atoms with E-state index in [1.54, 1.807) is 6.92 Å². The number of hydrogen-bond donors (Lipinski definition) is 3. The highest BCUT2D eigenvalue weighted by Crippen LogP contribution is 2.30. The summed E-state index contributed by atoms with van der Waals surface area (Å²) in [4.78, 5) is -0.118. The summed E-state index contributed by atoms with van der Waals surface area (Å²) >= 11 is 5.81. The maximum atomic E-state index is 13.7. The van der Waals surface area contributed by atoms with Crippen LogP contribution < -0.4 is 16.2 Å².